The minimum atomic E-state index is -4.44. The Morgan fingerprint density at radius 3 is 1.66 bits per heavy atom. The average molecular weight is 697 g/mol. The maximum Gasteiger partial charge on any atom is 0.294 e. The van der Waals surface area contributed by atoms with Crippen molar-refractivity contribution >= 4 is 65.8 Å². The van der Waals surface area contributed by atoms with Crippen molar-refractivity contribution in [1.29, 1.82) is 0 Å². The molecule has 0 saturated carbocycles. The summed E-state index contributed by atoms with van der Waals surface area (Å²) < 4.78 is 37.8. The Hall–Kier alpha value is -5.34. The van der Waals surface area contributed by atoms with Crippen LogP contribution >= 0.6 is 12.0 Å². The van der Waals surface area contributed by atoms with Crippen molar-refractivity contribution in [3.8, 4) is 45.0 Å². The summed E-state index contributed by atoms with van der Waals surface area (Å²) in [6.07, 6.45) is 0. The average Bonchev–Trinajstić information content (AvgIpc) is 3.58. The second kappa shape index (κ2) is 11.4. The van der Waals surface area contributed by atoms with Crippen LogP contribution in [0.4, 0.5) is 0 Å². The van der Waals surface area contributed by atoms with Crippen molar-refractivity contribution in [1.82, 2.24) is 19.9 Å². The summed E-state index contributed by atoms with van der Waals surface area (Å²) in [7, 11) is -4.44. The van der Waals surface area contributed by atoms with Crippen LogP contribution in [0.3, 0.4) is 0 Å². The molecule has 0 saturated heterocycles. The number of nitrogens with zero attached hydrogens (tertiary/aromatic N) is 4. The molecule has 2 aliphatic rings. The van der Waals surface area contributed by atoms with Crippen molar-refractivity contribution in [2.45, 2.75) is 23.6 Å². The van der Waals surface area contributed by atoms with E-state index in [0.717, 1.165) is 51.0 Å². The fraction of sp³-hybridized carbons (Fsp3) is 0.0526. The van der Waals surface area contributed by atoms with Crippen LogP contribution in [0.5, 0.6) is 0 Å². The zero-order valence-electron chi connectivity index (χ0n) is 26.4. The molecule has 2 aromatic heterocycles. The number of aromatic nitrogens is 4. The molecule has 0 radical (unpaired) electrons. The Morgan fingerprint density at radius 2 is 1.10 bits per heavy atom. The van der Waals surface area contributed by atoms with Gasteiger partial charge in [-0.25, -0.2) is 25.2 Å². The van der Waals surface area contributed by atoms with E-state index in [2.05, 4.69) is 70.9 Å². The summed E-state index contributed by atoms with van der Waals surface area (Å²) in [5, 5.41) is 16.0. The summed E-state index contributed by atoms with van der Waals surface area (Å²) in [6.45, 7) is 4.04. The minimum absolute atomic E-state index is 0.244. The molecule has 0 atom stereocenters. The molecule has 50 heavy (non-hydrogen) atoms. The Labute approximate surface area is 289 Å². The molecule has 0 bridgehead atoms. The molecular weight excluding hydrogens is 673 g/mol. The number of hydrogen-bond donors (Lipinski definition) is 2. The largest absolute Gasteiger partial charge is 0.294 e. The molecule has 10 nitrogen and oxygen atoms in total. The summed E-state index contributed by atoms with van der Waals surface area (Å²) in [4.78, 5) is 19.5. The van der Waals surface area contributed by atoms with Crippen molar-refractivity contribution in [3.63, 3.8) is 0 Å². The molecule has 2 heterocycles. The quantitative estimate of drug-likeness (QED) is 0.0786. The second-order valence-electron chi connectivity index (χ2n) is 12.3. The van der Waals surface area contributed by atoms with Crippen LogP contribution in [0.25, 0.3) is 88.6 Å². The lowest BCUT2D eigenvalue weighted by Crippen LogP contribution is -1.98. The number of hydrogen-bond acceptors (Lipinski definition) is 10. The molecule has 10 rings (SSSR count). The lowest BCUT2D eigenvalue weighted by molar-refractivity contribution is -0.432. The summed E-state index contributed by atoms with van der Waals surface area (Å²) in [5.74, 6) is 0. The van der Waals surface area contributed by atoms with Gasteiger partial charge in [-0.1, -0.05) is 53.6 Å². The SMILES string of the molecule is Cc1ccc2nc3c(nc2c1)-c1cc(S(=O)(=O)O)cc2cc(SOOO)cc-3c12.Cc1ccc2nc3c(nc2c1)-c1cccc2cccc-3c12. The van der Waals surface area contributed by atoms with Crippen molar-refractivity contribution in [2.75, 3.05) is 0 Å². The lowest BCUT2D eigenvalue weighted by Gasteiger charge is -2.07. The predicted molar refractivity (Wildman–Crippen MR) is 193 cm³/mol. The van der Waals surface area contributed by atoms with Crippen molar-refractivity contribution < 1.29 is 27.6 Å². The van der Waals surface area contributed by atoms with E-state index >= 15 is 0 Å². The molecule has 8 aromatic rings. The van der Waals surface area contributed by atoms with E-state index in [4.69, 9.17) is 25.2 Å². The van der Waals surface area contributed by atoms with Crippen LogP contribution in [0.1, 0.15) is 11.1 Å². The third-order valence-corrected chi connectivity index (χ3v) is 10.4. The Morgan fingerprint density at radius 1 is 0.580 bits per heavy atom. The van der Waals surface area contributed by atoms with E-state index in [1.807, 2.05) is 25.1 Å². The topological polar surface area (TPSA) is 145 Å². The van der Waals surface area contributed by atoms with E-state index in [1.54, 1.807) is 12.1 Å². The molecule has 2 aliphatic carbocycles. The Bertz CT molecular complexity index is 2870. The van der Waals surface area contributed by atoms with Gasteiger partial charge in [-0.05, 0) is 84.3 Å². The molecule has 0 unspecified atom stereocenters. The van der Waals surface area contributed by atoms with Gasteiger partial charge in [-0.3, -0.25) is 4.55 Å². The molecule has 12 heteroatoms. The van der Waals surface area contributed by atoms with Gasteiger partial charge in [0.1, 0.15) is 0 Å². The number of fused-ring (bicyclic) bond motifs is 8. The van der Waals surface area contributed by atoms with Crippen LogP contribution in [0, 0.1) is 13.8 Å². The molecule has 244 valence electrons. The highest BCUT2D eigenvalue weighted by Gasteiger charge is 2.29. The smallest absolute Gasteiger partial charge is 0.282 e. The van der Waals surface area contributed by atoms with Crippen LogP contribution in [0.15, 0.2) is 107 Å². The summed E-state index contributed by atoms with van der Waals surface area (Å²) >= 11 is 0.749. The fourth-order valence-corrected chi connectivity index (χ4v) is 7.89. The molecular formula is C38H24N4O6S2. The van der Waals surface area contributed by atoms with Crippen molar-refractivity contribution in [3.05, 3.63) is 108 Å². The van der Waals surface area contributed by atoms with Gasteiger partial charge < -0.3 is 0 Å². The monoisotopic (exact) mass is 696 g/mol. The zero-order valence-corrected chi connectivity index (χ0v) is 28.0. The van der Waals surface area contributed by atoms with Gasteiger partial charge in [0, 0.05) is 37.9 Å². The molecule has 0 amide bonds. The van der Waals surface area contributed by atoms with Crippen LogP contribution < -0.4 is 0 Å². The van der Waals surface area contributed by atoms with Gasteiger partial charge in [0.05, 0.1) is 61.8 Å². The van der Waals surface area contributed by atoms with Gasteiger partial charge in [0.25, 0.3) is 10.1 Å². The van der Waals surface area contributed by atoms with Crippen LogP contribution in [-0.2, 0) is 19.5 Å². The number of benzene rings is 6. The van der Waals surface area contributed by atoms with Crippen LogP contribution in [-0.4, -0.2) is 38.2 Å². The van der Waals surface area contributed by atoms with Gasteiger partial charge in [-0.15, -0.1) is 4.33 Å². The fourth-order valence-electron chi connectivity index (χ4n) is 6.90. The van der Waals surface area contributed by atoms with E-state index in [-0.39, 0.29) is 4.90 Å². The zero-order chi connectivity index (χ0) is 34.3. The molecule has 2 N–H and O–H groups in total. The first kappa shape index (κ1) is 30.7. The summed E-state index contributed by atoms with van der Waals surface area (Å²) in [5.41, 5.74) is 12.5. The molecule has 0 aliphatic heterocycles. The third-order valence-electron chi connectivity index (χ3n) is 9.02. The predicted octanol–water partition coefficient (Wildman–Crippen LogP) is 9.15. The first-order chi connectivity index (χ1) is 24.2. The molecule has 0 fully saturated rings. The lowest BCUT2D eigenvalue weighted by atomic mass is 10.0. The first-order valence-electron chi connectivity index (χ1n) is 15.5. The molecule has 6 aromatic carbocycles. The van der Waals surface area contributed by atoms with E-state index in [0.29, 0.717) is 38.3 Å². The standard InChI is InChI=1S/C19H12N2O6S2.C19H12N2/c1-9-2-3-15-16(4-9)21-19-14-8-12(29(23,24)25)6-10-5-11(28-27-26-22)7-13(17(10)14)18(19)20-15;1-11-8-9-15-16(10-11)21-19-14-7-3-5-12-4-2-6-13(17(12)14)18(19)20-15/h2-8,22H,1H3,(H,23,24,25);2-10H,1H3. The third kappa shape index (κ3) is 4.92. The Balaban J connectivity index is 0.000000141. The molecule has 0 spiro atoms. The highest BCUT2D eigenvalue weighted by Crippen LogP contribution is 2.49. The van der Waals surface area contributed by atoms with Gasteiger partial charge in [0.2, 0.25) is 0 Å². The van der Waals surface area contributed by atoms with E-state index in [9.17, 15) is 13.0 Å². The van der Waals surface area contributed by atoms with Gasteiger partial charge in [0.15, 0.2) is 0 Å². The Kier molecular flexibility index (Phi) is 6.97. The normalized spacial score (nSPS) is 12.4. The number of rotatable bonds is 4. The minimum Gasteiger partial charge on any atom is -0.282 e. The highest BCUT2D eigenvalue weighted by atomic mass is 32.2. The van der Waals surface area contributed by atoms with Crippen molar-refractivity contribution in [2.24, 2.45) is 0 Å². The van der Waals surface area contributed by atoms with E-state index < -0.39 is 10.1 Å². The first-order valence-corrected chi connectivity index (χ1v) is 17.7. The summed E-state index contributed by atoms with van der Waals surface area (Å²) in [6, 6.07) is 31.0. The highest BCUT2D eigenvalue weighted by molar-refractivity contribution is 7.94. The number of aryl methyl sites for hydroxylation is 2. The van der Waals surface area contributed by atoms with Crippen LogP contribution in [0.2, 0.25) is 0 Å². The van der Waals surface area contributed by atoms with E-state index in [1.165, 1.54) is 39.6 Å². The maximum atomic E-state index is 11.8. The second-order valence-corrected chi connectivity index (χ2v) is 14.5. The maximum absolute atomic E-state index is 11.8. The van der Waals surface area contributed by atoms with Gasteiger partial charge in [-0.2, -0.15) is 8.42 Å². The van der Waals surface area contributed by atoms with Gasteiger partial charge >= 0.3 is 0 Å².